The number of benzene rings is 2. The molecule has 0 spiro atoms. The molecule has 0 aliphatic carbocycles. The number of carbonyl (C=O) groups is 1. The Kier molecular flexibility index (Phi) is 7.28. The first-order valence-corrected chi connectivity index (χ1v) is 11.2. The number of nitrogens with one attached hydrogen (secondary N) is 1. The number of anilines is 2. The predicted octanol–water partition coefficient (Wildman–Crippen LogP) is 4.99. The molecule has 1 aliphatic heterocycles. The summed E-state index contributed by atoms with van der Waals surface area (Å²) in [7, 11) is -1.76. The molecule has 1 fully saturated rings. The van der Waals surface area contributed by atoms with E-state index in [0.717, 1.165) is 0 Å². The van der Waals surface area contributed by atoms with Crippen LogP contribution in [0.15, 0.2) is 53.4 Å². The fourth-order valence-electron chi connectivity index (χ4n) is 3.44. The molecule has 1 heterocycles. The fraction of sp³-hybridized carbons (Fsp3) is 0.318. The van der Waals surface area contributed by atoms with Crippen LogP contribution in [0.1, 0.15) is 31.1 Å². The number of hydrogen-bond acceptors (Lipinski definition) is 4. The lowest BCUT2D eigenvalue weighted by molar-refractivity contribution is -0.00539. The van der Waals surface area contributed by atoms with E-state index in [1.54, 1.807) is 37.3 Å². The number of ketones is 1. The minimum Gasteiger partial charge on any atom is -0.372 e. The van der Waals surface area contributed by atoms with E-state index in [1.807, 2.05) is 18.7 Å². The number of nitrogens with zero attached hydrogens (tertiary/aromatic N) is 1. The van der Waals surface area contributed by atoms with Crippen molar-refractivity contribution in [2.45, 2.75) is 37.9 Å². The van der Waals surface area contributed by atoms with Crippen LogP contribution in [0, 0.1) is 5.82 Å². The van der Waals surface area contributed by atoms with Crippen LogP contribution < -0.4 is 9.62 Å². The van der Waals surface area contributed by atoms with E-state index >= 15 is 0 Å². The van der Waals surface area contributed by atoms with Gasteiger partial charge in [-0.2, -0.15) is 0 Å². The number of halogens is 2. The maximum atomic E-state index is 14.8. The highest BCUT2D eigenvalue weighted by Crippen LogP contribution is 2.27. The zero-order valence-corrected chi connectivity index (χ0v) is 18.6. The molecular formula is C22H24ClFN2O3S. The number of ether oxygens (including phenoxy) is 1. The summed E-state index contributed by atoms with van der Waals surface area (Å²) in [6.07, 6.45) is 3.02. The topological polar surface area (TPSA) is 58.6 Å². The molecule has 2 aromatic carbocycles. The number of morpholine rings is 1. The highest BCUT2D eigenvalue weighted by molar-refractivity contribution is 7.86. The molecule has 30 heavy (non-hydrogen) atoms. The van der Waals surface area contributed by atoms with Gasteiger partial charge in [0.2, 0.25) is 0 Å². The third kappa shape index (κ3) is 5.28. The van der Waals surface area contributed by atoms with E-state index in [4.69, 9.17) is 16.3 Å². The first-order valence-electron chi connectivity index (χ1n) is 9.63. The van der Waals surface area contributed by atoms with Gasteiger partial charge in [0.25, 0.3) is 0 Å². The van der Waals surface area contributed by atoms with Crippen LogP contribution in [0.3, 0.4) is 0 Å². The Morgan fingerprint density at radius 1 is 1.23 bits per heavy atom. The van der Waals surface area contributed by atoms with Crippen molar-refractivity contribution in [3.63, 3.8) is 0 Å². The summed E-state index contributed by atoms with van der Waals surface area (Å²) in [6, 6.07) is 9.19. The molecular weight excluding hydrogens is 427 g/mol. The normalized spacial score (nSPS) is 20.4. The van der Waals surface area contributed by atoms with Crippen LogP contribution in [0.4, 0.5) is 15.8 Å². The van der Waals surface area contributed by atoms with Gasteiger partial charge < -0.3 is 14.4 Å². The predicted molar refractivity (Wildman–Crippen MR) is 119 cm³/mol. The van der Waals surface area contributed by atoms with Crippen LogP contribution in [0.25, 0.3) is 0 Å². The Balaban J connectivity index is 1.82. The van der Waals surface area contributed by atoms with Crippen molar-refractivity contribution < 1.29 is 18.1 Å². The molecule has 0 saturated carbocycles. The van der Waals surface area contributed by atoms with Gasteiger partial charge in [0.15, 0.2) is 5.78 Å². The number of hydrogen-bond donors (Lipinski definition) is 1. The zero-order chi connectivity index (χ0) is 21.8. The van der Waals surface area contributed by atoms with Crippen LogP contribution >= 0.6 is 11.6 Å². The lowest BCUT2D eigenvalue weighted by Crippen LogP contribution is -2.45. The summed E-state index contributed by atoms with van der Waals surface area (Å²) in [5.41, 5.74) is 1.11. The lowest BCUT2D eigenvalue weighted by Gasteiger charge is -2.37. The Morgan fingerprint density at radius 2 is 1.93 bits per heavy atom. The molecule has 1 unspecified atom stereocenters. The Hall–Kier alpha value is -2.22. The summed E-state index contributed by atoms with van der Waals surface area (Å²) in [4.78, 5) is 14.5. The second kappa shape index (κ2) is 9.73. The highest BCUT2D eigenvalue weighted by atomic mass is 35.5. The second-order valence-corrected chi connectivity index (χ2v) is 8.85. The monoisotopic (exact) mass is 450 g/mol. The lowest BCUT2D eigenvalue weighted by atomic mass is 10.1. The molecule has 3 atom stereocenters. The SMILES string of the molecule is C/C=C/C(=O)c1cc(Cl)ccc1NS(=O)c1ccc(N2C[C@@H](C)O[C@@H](C)C2)c(F)c1. The van der Waals surface area contributed by atoms with Gasteiger partial charge in [0, 0.05) is 23.7 Å². The summed E-state index contributed by atoms with van der Waals surface area (Å²) in [5.74, 6) is -0.721. The van der Waals surface area contributed by atoms with Crippen molar-refractivity contribution >= 4 is 39.7 Å². The average Bonchev–Trinajstić information content (AvgIpc) is 2.68. The minimum absolute atomic E-state index is 0.00154. The molecule has 0 aromatic heterocycles. The van der Waals surface area contributed by atoms with Crippen LogP contribution in [-0.2, 0) is 15.7 Å². The smallest absolute Gasteiger partial charge is 0.187 e. The summed E-state index contributed by atoms with van der Waals surface area (Å²) >= 11 is 6.00. The minimum atomic E-state index is -1.76. The summed E-state index contributed by atoms with van der Waals surface area (Å²) in [5, 5.41) is 0.392. The van der Waals surface area contributed by atoms with E-state index in [-0.39, 0.29) is 22.9 Å². The van der Waals surface area contributed by atoms with E-state index in [1.165, 1.54) is 18.2 Å². The van der Waals surface area contributed by atoms with E-state index in [9.17, 15) is 13.4 Å². The van der Waals surface area contributed by atoms with Gasteiger partial charge in [-0.15, -0.1) is 0 Å². The van der Waals surface area contributed by atoms with E-state index < -0.39 is 16.8 Å². The Morgan fingerprint density at radius 3 is 2.57 bits per heavy atom. The zero-order valence-electron chi connectivity index (χ0n) is 17.0. The third-order valence-corrected chi connectivity index (χ3v) is 5.98. The van der Waals surface area contributed by atoms with Gasteiger partial charge in [-0.05, 0) is 63.2 Å². The van der Waals surface area contributed by atoms with Gasteiger partial charge >= 0.3 is 0 Å². The van der Waals surface area contributed by atoms with Gasteiger partial charge in [0.1, 0.15) is 16.8 Å². The molecule has 1 N–H and O–H groups in total. The van der Waals surface area contributed by atoms with Crippen molar-refractivity contribution in [2.75, 3.05) is 22.7 Å². The number of carbonyl (C=O) groups excluding carboxylic acids is 1. The van der Waals surface area contributed by atoms with E-state index in [2.05, 4.69) is 4.72 Å². The van der Waals surface area contributed by atoms with Gasteiger partial charge in [-0.1, -0.05) is 17.7 Å². The van der Waals surface area contributed by atoms with Crippen LogP contribution in [-0.4, -0.2) is 35.3 Å². The third-order valence-electron chi connectivity index (χ3n) is 4.66. The largest absolute Gasteiger partial charge is 0.372 e. The molecule has 0 radical (unpaired) electrons. The fourth-order valence-corrected chi connectivity index (χ4v) is 4.51. The molecule has 0 bridgehead atoms. The number of rotatable bonds is 6. The molecule has 0 amide bonds. The van der Waals surface area contributed by atoms with Crippen molar-refractivity contribution in [3.05, 3.63) is 65.0 Å². The van der Waals surface area contributed by atoms with Crippen molar-refractivity contribution in [2.24, 2.45) is 0 Å². The van der Waals surface area contributed by atoms with Gasteiger partial charge in [-0.25, -0.2) is 8.60 Å². The van der Waals surface area contributed by atoms with E-state index in [0.29, 0.717) is 35.1 Å². The molecule has 3 rings (SSSR count). The maximum Gasteiger partial charge on any atom is 0.187 e. The summed E-state index contributed by atoms with van der Waals surface area (Å²) < 4.78 is 36.1. The molecule has 5 nitrogen and oxygen atoms in total. The molecule has 1 aliphatic rings. The number of allylic oxidation sites excluding steroid dienone is 2. The molecule has 2 aromatic rings. The van der Waals surface area contributed by atoms with Crippen molar-refractivity contribution in [1.29, 1.82) is 0 Å². The molecule has 1 saturated heterocycles. The van der Waals surface area contributed by atoms with Crippen molar-refractivity contribution in [1.82, 2.24) is 0 Å². The van der Waals surface area contributed by atoms with Crippen molar-refractivity contribution in [3.8, 4) is 0 Å². The first kappa shape index (κ1) is 22.5. The van der Waals surface area contributed by atoms with Gasteiger partial charge in [0.05, 0.1) is 28.5 Å². The Labute approximate surface area is 183 Å². The first-order chi connectivity index (χ1) is 14.3. The Bertz CT molecular complexity index is 988. The molecule has 8 heteroatoms. The maximum absolute atomic E-state index is 14.8. The van der Waals surface area contributed by atoms with Crippen LogP contribution in [0.2, 0.25) is 5.02 Å². The highest BCUT2D eigenvalue weighted by Gasteiger charge is 2.24. The summed E-state index contributed by atoms with van der Waals surface area (Å²) in [6.45, 7) is 6.81. The average molecular weight is 451 g/mol. The quantitative estimate of drug-likeness (QED) is 0.497. The van der Waals surface area contributed by atoms with Gasteiger partial charge in [-0.3, -0.25) is 4.79 Å². The molecule has 160 valence electrons. The second-order valence-electron chi connectivity index (χ2n) is 7.20. The van der Waals surface area contributed by atoms with Crippen LogP contribution in [0.5, 0.6) is 0 Å². The standard InChI is InChI=1S/C22H24ClFN2O3S/c1-4-5-22(27)18-10-16(23)6-8-20(18)25-30(28)17-7-9-21(19(24)11-17)26-12-14(2)29-15(3)13-26/h4-11,14-15,25H,12-13H2,1-3H3/b5-4+/t14-,15+,30?.